The summed E-state index contributed by atoms with van der Waals surface area (Å²) in [7, 11) is 0. The lowest BCUT2D eigenvalue weighted by Crippen LogP contribution is -2.46. The van der Waals surface area contributed by atoms with E-state index in [0.29, 0.717) is 12.6 Å². The van der Waals surface area contributed by atoms with Crippen molar-refractivity contribution in [2.24, 2.45) is 0 Å². The number of halogens is 6. The Bertz CT molecular complexity index is 1340. The van der Waals surface area contributed by atoms with E-state index in [2.05, 4.69) is 4.98 Å². The Balaban J connectivity index is 1.90. The molecule has 1 saturated heterocycles. The van der Waals surface area contributed by atoms with Crippen LogP contribution in [0.25, 0.3) is 16.7 Å². The first kappa shape index (κ1) is 24.6. The number of anilines is 1. The van der Waals surface area contributed by atoms with Crippen molar-refractivity contribution in [1.82, 2.24) is 14.9 Å². The third kappa shape index (κ3) is 4.82. The maximum atomic E-state index is 14.7. The van der Waals surface area contributed by atoms with E-state index in [1.165, 1.54) is 19.1 Å². The molecule has 6 nitrogen and oxygen atoms in total. The molecule has 0 saturated carbocycles. The Labute approximate surface area is 195 Å². The van der Waals surface area contributed by atoms with Gasteiger partial charge in [-0.15, -0.1) is 0 Å². The highest BCUT2D eigenvalue weighted by Crippen LogP contribution is 2.26. The number of nitrogens with zero attached hydrogens (tertiary/aromatic N) is 3. The molecule has 1 aromatic carbocycles. The number of alkyl halides is 4. The molecule has 1 aliphatic heterocycles. The number of pyridine rings is 2. The molecular formula is C23H20F6N4O2. The third-order valence-electron chi connectivity index (χ3n) is 5.81. The van der Waals surface area contributed by atoms with Crippen molar-refractivity contribution in [3.63, 3.8) is 0 Å². The molecular weight excluding hydrogens is 478 g/mol. The van der Waals surface area contributed by atoms with E-state index in [4.69, 9.17) is 0 Å². The Morgan fingerprint density at radius 3 is 2.57 bits per heavy atom. The van der Waals surface area contributed by atoms with Crippen LogP contribution in [0.1, 0.15) is 30.1 Å². The van der Waals surface area contributed by atoms with Gasteiger partial charge in [0.25, 0.3) is 5.91 Å². The maximum Gasteiger partial charge on any atom is 0.408 e. The molecule has 2 atom stereocenters. The number of carbonyl (C=O) groups is 1. The summed E-state index contributed by atoms with van der Waals surface area (Å²) in [4.78, 5) is 31.8. The summed E-state index contributed by atoms with van der Waals surface area (Å²) in [6.07, 6.45) is -5.15. The van der Waals surface area contributed by atoms with E-state index in [9.17, 15) is 35.9 Å². The topological polar surface area (TPSA) is 67.2 Å². The molecule has 35 heavy (non-hydrogen) atoms. The van der Waals surface area contributed by atoms with Crippen LogP contribution in [0.5, 0.6) is 0 Å². The number of hydrogen-bond donors (Lipinski definition) is 1. The number of benzene rings is 1. The monoisotopic (exact) mass is 498 g/mol. The summed E-state index contributed by atoms with van der Waals surface area (Å²) in [6, 6.07) is 3.07. The largest absolute Gasteiger partial charge is 0.408 e. The van der Waals surface area contributed by atoms with Crippen molar-refractivity contribution in [2.75, 3.05) is 18.0 Å². The van der Waals surface area contributed by atoms with Crippen molar-refractivity contribution in [2.45, 2.75) is 38.2 Å². The van der Waals surface area contributed by atoms with E-state index >= 15 is 0 Å². The van der Waals surface area contributed by atoms with Gasteiger partial charge in [0.05, 0.1) is 17.6 Å². The van der Waals surface area contributed by atoms with Gasteiger partial charge in [0.1, 0.15) is 35.2 Å². The minimum atomic E-state index is -4.75. The van der Waals surface area contributed by atoms with Gasteiger partial charge in [-0.2, -0.15) is 13.2 Å². The average molecular weight is 498 g/mol. The number of fused-ring (bicyclic) bond motifs is 1. The number of hydrogen-bond acceptors (Lipinski definition) is 4. The normalized spacial score (nSPS) is 17.1. The van der Waals surface area contributed by atoms with Crippen LogP contribution in [0.15, 0.2) is 41.3 Å². The molecule has 3 aromatic rings. The zero-order valence-electron chi connectivity index (χ0n) is 18.4. The smallest absolute Gasteiger partial charge is 0.354 e. The molecule has 3 heterocycles. The Morgan fingerprint density at radius 2 is 1.97 bits per heavy atom. The first-order chi connectivity index (χ1) is 16.5. The quantitative estimate of drug-likeness (QED) is 0.534. The lowest BCUT2D eigenvalue weighted by molar-refractivity contribution is -0.153. The first-order valence-electron chi connectivity index (χ1n) is 10.8. The van der Waals surface area contributed by atoms with Crippen molar-refractivity contribution >= 4 is 22.8 Å². The second kappa shape index (κ2) is 9.23. The summed E-state index contributed by atoms with van der Waals surface area (Å²) in [6.45, 7) is 1.63. The van der Waals surface area contributed by atoms with Crippen LogP contribution >= 0.6 is 0 Å². The summed E-state index contributed by atoms with van der Waals surface area (Å²) in [5.74, 6) is -2.96. The van der Waals surface area contributed by atoms with E-state index in [0.717, 1.165) is 22.9 Å². The van der Waals surface area contributed by atoms with Crippen LogP contribution in [-0.4, -0.2) is 46.9 Å². The molecule has 4 rings (SSSR count). The predicted molar refractivity (Wildman–Crippen MR) is 117 cm³/mol. The molecule has 0 spiro atoms. The number of nitrogens with one attached hydrogen (secondary N) is 1. The standard InChI is InChI=1S/C23H20F6N4O2/c1-2-18(23(27,28)29)30-22(35)15-11-33(17-5-3-12(24)9-16(17)26)21-14(20(15)34)4-6-19(31-21)32-8-7-13(25)10-32/h3-6,9,11,13,18H,2,7-8,10H2,1H3,(H,30,35)/t13-,18?/m0/s1. The number of rotatable bonds is 5. The van der Waals surface area contributed by atoms with Crippen LogP contribution < -0.4 is 15.6 Å². The zero-order chi connectivity index (χ0) is 25.5. The molecule has 0 aliphatic carbocycles. The molecule has 12 heteroatoms. The summed E-state index contributed by atoms with van der Waals surface area (Å²) < 4.78 is 82.5. The fourth-order valence-corrected chi connectivity index (χ4v) is 3.97. The van der Waals surface area contributed by atoms with Crippen molar-refractivity contribution in [3.8, 4) is 5.69 Å². The zero-order valence-corrected chi connectivity index (χ0v) is 18.4. The van der Waals surface area contributed by atoms with Gasteiger partial charge in [-0.3, -0.25) is 14.2 Å². The molecule has 1 unspecified atom stereocenters. The van der Waals surface area contributed by atoms with E-state index in [-0.39, 0.29) is 35.5 Å². The van der Waals surface area contributed by atoms with E-state index < -0.39 is 53.3 Å². The van der Waals surface area contributed by atoms with Gasteiger partial charge in [0, 0.05) is 18.8 Å². The highest BCUT2D eigenvalue weighted by Gasteiger charge is 2.39. The minimum Gasteiger partial charge on any atom is -0.354 e. The Kier molecular flexibility index (Phi) is 6.48. The fourth-order valence-electron chi connectivity index (χ4n) is 3.97. The van der Waals surface area contributed by atoms with Gasteiger partial charge in [0.2, 0.25) is 5.43 Å². The number of aromatic nitrogens is 2. The SMILES string of the molecule is CCC(NC(=O)c1cn(-c2ccc(F)cc2F)c2nc(N3CC[C@H](F)C3)ccc2c1=O)C(F)(F)F. The molecule has 186 valence electrons. The fraction of sp³-hybridized carbons (Fsp3) is 0.348. The second-order valence-electron chi connectivity index (χ2n) is 8.19. The highest BCUT2D eigenvalue weighted by molar-refractivity contribution is 5.97. The average Bonchev–Trinajstić information content (AvgIpc) is 3.23. The number of amides is 1. The van der Waals surface area contributed by atoms with Crippen molar-refractivity contribution in [3.05, 3.63) is 63.9 Å². The van der Waals surface area contributed by atoms with E-state index in [1.807, 2.05) is 0 Å². The van der Waals surface area contributed by atoms with Crippen molar-refractivity contribution in [1.29, 1.82) is 0 Å². The molecule has 1 fully saturated rings. The van der Waals surface area contributed by atoms with Crippen LogP contribution in [-0.2, 0) is 0 Å². The summed E-state index contributed by atoms with van der Waals surface area (Å²) in [5.41, 5.74) is -2.01. The van der Waals surface area contributed by atoms with Gasteiger partial charge in [0.15, 0.2) is 5.65 Å². The molecule has 1 aliphatic rings. The summed E-state index contributed by atoms with van der Waals surface area (Å²) >= 11 is 0. The van der Waals surface area contributed by atoms with Gasteiger partial charge >= 0.3 is 6.18 Å². The molecule has 0 radical (unpaired) electrons. The molecule has 0 bridgehead atoms. The lowest BCUT2D eigenvalue weighted by atomic mass is 10.1. The van der Waals surface area contributed by atoms with Gasteiger partial charge in [-0.1, -0.05) is 6.92 Å². The first-order valence-corrected chi connectivity index (χ1v) is 10.8. The van der Waals surface area contributed by atoms with Crippen molar-refractivity contribution < 1.29 is 31.1 Å². The van der Waals surface area contributed by atoms with Crippen LogP contribution in [0.4, 0.5) is 32.2 Å². The predicted octanol–water partition coefficient (Wildman–Crippen LogP) is 4.28. The second-order valence-corrected chi connectivity index (χ2v) is 8.19. The van der Waals surface area contributed by atoms with Gasteiger partial charge < -0.3 is 10.2 Å². The Hall–Kier alpha value is -3.57. The van der Waals surface area contributed by atoms with Crippen LogP contribution in [0, 0.1) is 11.6 Å². The molecule has 2 aromatic heterocycles. The highest BCUT2D eigenvalue weighted by atomic mass is 19.4. The molecule has 1 N–H and O–H groups in total. The Morgan fingerprint density at radius 1 is 1.23 bits per heavy atom. The van der Waals surface area contributed by atoms with Gasteiger partial charge in [-0.05, 0) is 37.1 Å². The number of carbonyl (C=O) groups excluding carboxylic acids is 1. The van der Waals surface area contributed by atoms with E-state index in [1.54, 1.807) is 10.2 Å². The van der Waals surface area contributed by atoms with Crippen LogP contribution in [0.3, 0.4) is 0 Å². The molecule has 1 amide bonds. The van der Waals surface area contributed by atoms with Crippen LogP contribution in [0.2, 0.25) is 0 Å². The lowest BCUT2D eigenvalue weighted by Gasteiger charge is -2.21. The maximum absolute atomic E-state index is 14.7. The third-order valence-corrected chi connectivity index (χ3v) is 5.81. The minimum absolute atomic E-state index is 0.0595. The van der Waals surface area contributed by atoms with Gasteiger partial charge in [-0.25, -0.2) is 18.2 Å². The summed E-state index contributed by atoms with van der Waals surface area (Å²) in [5, 5.41) is 1.61.